The van der Waals surface area contributed by atoms with Crippen LogP contribution >= 0.6 is 0 Å². The highest BCUT2D eigenvalue weighted by atomic mass is 19.1. The van der Waals surface area contributed by atoms with Gasteiger partial charge in [0.1, 0.15) is 22.8 Å². The van der Waals surface area contributed by atoms with E-state index in [0.29, 0.717) is 16.9 Å². The fourth-order valence-corrected chi connectivity index (χ4v) is 2.91. The summed E-state index contributed by atoms with van der Waals surface area (Å²) in [6, 6.07) is 16.0. The predicted octanol–water partition coefficient (Wildman–Crippen LogP) is 3.23. The molecule has 0 saturated heterocycles. The molecule has 0 aliphatic heterocycles. The van der Waals surface area contributed by atoms with Crippen molar-refractivity contribution in [3.05, 3.63) is 100 Å². The van der Waals surface area contributed by atoms with Gasteiger partial charge in [0.25, 0.3) is 11.5 Å². The molecule has 0 spiro atoms. The number of amides is 1. The van der Waals surface area contributed by atoms with E-state index in [2.05, 4.69) is 15.3 Å². The summed E-state index contributed by atoms with van der Waals surface area (Å²) in [4.78, 5) is 34.1. The lowest BCUT2D eigenvalue weighted by atomic mass is 10.1. The highest BCUT2D eigenvalue weighted by Gasteiger charge is 2.17. The second-order valence-corrected chi connectivity index (χ2v) is 6.16. The van der Waals surface area contributed by atoms with Crippen molar-refractivity contribution in [3.8, 4) is 0 Å². The molecule has 0 unspecified atom stereocenters. The normalized spacial score (nSPS) is 10.8. The van der Waals surface area contributed by atoms with Crippen LogP contribution in [-0.2, 0) is 6.54 Å². The van der Waals surface area contributed by atoms with E-state index >= 15 is 0 Å². The molecule has 4 aromatic rings. The monoisotopic (exact) mass is 374 g/mol. The number of halogens is 1. The largest absolute Gasteiger partial charge is 0.306 e. The van der Waals surface area contributed by atoms with Crippen LogP contribution in [0.5, 0.6) is 0 Å². The fraction of sp³-hybridized carbons (Fsp3) is 0.0476. The number of pyridine rings is 3. The first-order valence-corrected chi connectivity index (χ1v) is 8.57. The number of rotatable bonds is 4. The van der Waals surface area contributed by atoms with Crippen LogP contribution in [0.4, 0.5) is 10.2 Å². The van der Waals surface area contributed by atoms with Crippen LogP contribution < -0.4 is 10.9 Å². The Hall–Kier alpha value is -3.87. The quantitative estimate of drug-likeness (QED) is 0.595. The number of nitrogens with zero attached hydrogens (tertiary/aromatic N) is 3. The number of benzene rings is 1. The maximum absolute atomic E-state index is 13.2. The number of carbonyl (C=O) groups is 1. The zero-order valence-corrected chi connectivity index (χ0v) is 14.7. The van der Waals surface area contributed by atoms with Crippen molar-refractivity contribution < 1.29 is 9.18 Å². The lowest BCUT2D eigenvalue weighted by Crippen LogP contribution is -2.30. The van der Waals surface area contributed by atoms with Crippen LogP contribution in [0.1, 0.15) is 15.9 Å². The van der Waals surface area contributed by atoms with E-state index < -0.39 is 11.5 Å². The Kier molecular flexibility index (Phi) is 4.63. The number of anilines is 1. The molecule has 0 radical (unpaired) electrons. The van der Waals surface area contributed by atoms with Crippen LogP contribution in [0.25, 0.3) is 11.0 Å². The van der Waals surface area contributed by atoms with E-state index in [4.69, 9.17) is 0 Å². The second kappa shape index (κ2) is 7.40. The molecule has 28 heavy (non-hydrogen) atoms. The van der Waals surface area contributed by atoms with Crippen molar-refractivity contribution >= 4 is 22.8 Å². The minimum Gasteiger partial charge on any atom is -0.306 e. The Morgan fingerprint density at radius 3 is 2.54 bits per heavy atom. The summed E-state index contributed by atoms with van der Waals surface area (Å²) in [7, 11) is 0. The molecule has 0 aliphatic carbocycles. The molecule has 3 aromatic heterocycles. The molecule has 1 N–H and O–H groups in total. The molecule has 138 valence electrons. The predicted molar refractivity (Wildman–Crippen MR) is 104 cm³/mol. The van der Waals surface area contributed by atoms with Gasteiger partial charge >= 0.3 is 0 Å². The van der Waals surface area contributed by atoms with Gasteiger partial charge in [0.05, 0.1) is 6.54 Å². The van der Waals surface area contributed by atoms with Crippen molar-refractivity contribution in [2.24, 2.45) is 0 Å². The molecule has 7 heteroatoms. The zero-order valence-electron chi connectivity index (χ0n) is 14.7. The highest BCUT2D eigenvalue weighted by molar-refractivity contribution is 6.05. The molecule has 1 aromatic carbocycles. The first-order valence-electron chi connectivity index (χ1n) is 8.57. The number of fused-ring (bicyclic) bond motifs is 1. The number of aromatic nitrogens is 3. The lowest BCUT2D eigenvalue weighted by Gasteiger charge is -2.12. The average molecular weight is 374 g/mol. The molecule has 1 amide bonds. The zero-order chi connectivity index (χ0) is 19.5. The summed E-state index contributed by atoms with van der Waals surface area (Å²) in [5.41, 5.74) is 0.668. The topological polar surface area (TPSA) is 76.9 Å². The van der Waals surface area contributed by atoms with E-state index in [0.717, 1.165) is 5.56 Å². The fourth-order valence-electron chi connectivity index (χ4n) is 2.91. The first kappa shape index (κ1) is 17.5. The third-order valence-corrected chi connectivity index (χ3v) is 4.25. The van der Waals surface area contributed by atoms with Crippen LogP contribution in [0.3, 0.4) is 0 Å². The number of hydrogen-bond donors (Lipinski definition) is 1. The second-order valence-electron chi connectivity index (χ2n) is 6.16. The minimum atomic E-state index is -0.553. The lowest BCUT2D eigenvalue weighted by molar-refractivity contribution is 0.102. The molecule has 0 fully saturated rings. The molecule has 0 aliphatic rings. The summed E-state index contributed by atoms with van der Waals surface area (Å²) in [5.74, 6) is -0.562. The Morgan fingerprint density at radius 1 is 1.00 bits per heavy atom. The highest BCUT2D eigenvalue weighted by Crippen LogP contribution is 2.14. The smallest absolute Gasteiger partial charge is 0.265 e. The SMILES string of the molecule is O=C(Nc1ccccn1)c1cc2cccnc2n(Cc2ccc(F)cc2)c1=O. The Balaban J connectivity index is 1.79. The summed E-state index contributed by atoms with van der Waals surface area (Å²) in [5, 5.41) is 3.28. The third kappa shape index (κ3) is 3.50. The minimum absolute atomic E-state index is 0.0201. The van der Waals surface area contributed by atoms with E-state index in [-0.39, 0.29) is 17.9 Å². The maximum Gasteiger partial charge on any atom is 0.265 e. The third-order valence-electron chi connectivity index (χ3n) is 4.25. The van der Waals surface area contributed by atoms with Gasteiger partial charge in [0.15, 0.2) is 0 Å². The van der Waals surface area contributed by atoms with Crippen LogP contribution in [0.2, 0.25) is 0 Å². The summed E-state index contributed by atoms with van der Waals surface area (Å²) >= 11 is 0. The van der Waals surface area contributed by atoms with Crippen molar-refractivity contribution in [3.63, 3.8) is 0 Å². The van der Waals surface area contributed by atoms with Crippen LogP contribution in [-0.4, -0.2) is 20.4 Å². The number of carbonyl (C=O) groups excluding carboxylic acids is 1. The molecular weight excluding hydrogens is 359 g/mol. The standard InChI is InChI=1S/C21H15FN4O2/c22-16-8-6-14(7-9-16)13-26-19-15(4-3-11-24-19)12-17(21(26)28)20(27)25-18-5-1-2-10-23-18/h1-12H,13H2,(H,23,25,27). The molecule has 4 rings (SSSR count). The maximum atomic E-state index is 13.2. The van der Waals surface area contributed by atoms with Gasteiger partial charge in [-0.15, -0.1) is 0 Å². The Labute approximate surface area is 159 Å². The summed E-state index contributed by atoms with van der Waals surface area (Å²) < 4.78 is 14.6. The first-order chi connectivity index (χ1) is 13.6. The van der Waals surface area contributed by atoms with E-state index in [1.165, 1.54) is 22.8 Å². The molecule has 0 saturated carbocycles. The van der Waals surface area contributed by atoms with Gasteiger partial charge in [0.2, 0.25) is 0 Å². The Bertz CT molecular complexity index is 1200. The van der Waals surface area contributed by atoms with Gasteiger partial charge in [-0.25, -0.2) is 14.4 Å². The Morgan fingerprint density at radius 2 is 1.79 bits per heavy atom. The molecule has 0 atom stereocenters. The van der Waals surface area contributed by atoms with Gasteiger partial charge in [-0.05, 0) is 48.0 Å². The van der Waals surface area contributed by atoms with Crippen molar-refractivity contribution in [1.82, 2.24) is 14.5 Å². The summed E-state index contributed by atoms with van der Waals surface area (Å²) in [6.07, 6.45) is 3.13. The summed E-state index contributed by atoms with van der Waals surface area (Å²) in [6.45, 7) is 0.164. The van der Waals surface area contributed by atoms with Crippen molar-refractivity contribution in [2.45, 2.75) is 6.54 Å². The average Bonchev–Trinajstić information content (AvgIpc) is 2.72. The van der Waals surface area contributed by atoms with Gasteiger partial charge in [-0.1, -0.05) is 18.2 Å². The number of nitrogens with one attached hydrogen (secondary N) is 1. The van der Waals surface area contributed by atoms with Crippen molar-refractivity contribution in [1.29, 1.82) is 0 Å². The van der Waals surface area contributed by atoms with E-state index in [9.17, 15) is 14.0 Å². The van der Waals surface area contributed by atoms with Gasteiger partial charge < -0.3 is 5.32 Å². The van der Waals surface area contributed by atoms with Crippen LogP contribution in [0, 0.1) is 5.82 Å². The van der Waals surface area contributed by atoms with E-state index in [1.54, 1.807) is 54.9 Å². The molecular formula is C21H15FN4O2. The van der Waals surface area contributed by atoms with Gasteiger partial charge in [0, 0.05) is 17.8 Å². The van der Waals surface area contributed by atoms with E-state index in [1.807, 2.05) is 0 Å². The van der Waals surface area contributed by atoms with Crippen molar-refractivity contribution in [2.75, 3.05) is 5.32 Å². The van der Waals surface area contributed by atoms with Gasteiger partial charge in [-0.3, -0.25) is 14.2 Å². The van der Waals surface area contributed by atoms with Gasteiger partial charge in [-0.2, -0.15) is 0 Å². The molecule has 3 heterocycles. The number of hydrogen-bond acceptors (Lipinski definition) is 4. The van der Waals surface area contributed by atoms with Crippen LogP contribution in [0.15, 0.2) is 77.9 Å². The molecule has 6 nitrogen and oxygen atoms in total. The molecule has 0 bridgehead atoms.